The first-order valence-electron chi connectivity index (χ1n) is 15.6. The summed E-state index contributed by atoms with van der Waals surface area (Å²) in [5.74, 6) is 0.824. The molecule has 1 aliphatic carbocycles. The molecule has 1 amide bonds. The van der Waals surface area contributed by atoms with Gasteiger partial charge in [0.1, 0.15) is 5.75 Å². The Kier molecular flexibility index (Phi) is 9.66. The van der Waals surface area contributed by atoms with Crippen LogP contribution in [0.25, 0.3) is 0 Å². The second kappa shape index (κ2) is 13.1. The molecule has 3 heterocycles. The molecule has 1 aromatic heterocycles. The number of hydrogen-bond donors (Lipinski definition) is 0. The molecule has 10 heteroatoms. The van der Waals surface area contributed by atoms with Crippen molar-refractivity contribution in [2.75, 3.05) is 53.9 Å². The lowest BCUT2D eigenvalue weighted by molar-refractivity contribution is -0.133. The van der Waals surface area contributed by atoms with Gasteiger partial charge in [0.25, 0.3) is 0 Å². The van der Waals surface area contributed by atoms with Gasteiger partial charge in [-0.2, -0.15) is 4.31 Å². The number of piperazine rings is 1. The molecule has 5 rings (SSSR count). The number of fused-ring (bicyclic) bond motifs is 1. The summed E-state index contributed by atoms with van der Waals surface area (Å²) in [6.45, 7) is 9.15. The van der Waals surface area contributed by atoms with Crippen molar-refractivity contribution < 1.29 is 17.9 Å². The van der Waals surface area contributed by atoms with E-state index in [-0.39, 0.29) is 18.0 Å². The van der Waals surface area contributed by atoms with Gasteiger partial charge in [-0.3, -0.25) is 9.69 Å². The fourth-order valence-corrected chi connectivity index (χ4v) is 9.45. The number of aryl methyl sites for hydroxylation is 2. The molecule has 0 spiro atoms. The maximum atomic E-state index is 14.2. The van der Waals surface area contributed by atoms with Crippen molar-refractivity contribution in [2.45, 2.75) is 88.4 Å². The molecular formula is C32H49N5O4S. The molecular weight excluding hydrogens is 550 g/mol. The number of benzene rings is 1. The fraction of sp³-hybridized carbons (Fsp3) is 0.656. The number of sulfonamides is 1. The minimum Gasteiger partial charge on any atom is -0.497 e. The van der Waals surface area contributed by atoms with Gasteiger partial charge >= 0.3 is 0 Å². The zero-order chi connectivity index (χ0) is 30.0. The van der Waals surface area contributed by atoms with E-state index >= 15 is 0 Å². The summed E-state index contributed by atoms with van der Waals surface area (Å²) < 4.78 is 37.5. The highest BCUT2D eigenvalue weighted by molar-refractivity contribution is 7.89. The molecule has 0 radical (unpaired) electrons. The lowest BCUT2D eigenvalue weighted by Crippen LogP contribution is -2.52. The zero-order valence-corrected chi connectivity index (χ0v) is 26.9. The first kappa shape index (κ1) is 31.0. The Morgan fingerprint density at radius 3 is 2.45 bits per heavy atom. The van der Waals surface area contributed by atoms with Gasteiger partial charge in [-0.15, -0.1) is 0 Å². The van der Waals surface area contributed by atoms with Crippen LogP contribution in [0.3, 0.4) is 0 Å². The molecule has 232 valence electrons. The van der Waals surface area contributed by atoms with E-state index in [1.165, 1.54) is 6.42 Å². The molecule has 3 aliphatic rings. The average molecular weight is 600 g/mol. The predicted octanol–water partition coefficient (Wildman–Crippen LogP) is 4.05. The van der Waals surface area contributed by atoms with Gasteiger partial charge in [0.15, 0.2) is 0 Å². The minimum atomic E-state index is -3.76. The third kappa shape index (κ3) is 6.42. The van der Waals surface area contributed by atoms with Gasteiger partial charge in [-0.05, 0) is 94.8 Å². The first-order valence-corrected chi connectivity index (χ1v) is 17.0. The summed E-state index contributed by atoms with van der Waals surface area (Å²) in [4.78, 5) is 20.8. The number of rotatable bonds is 9. The summed E-state index contributed by atoms with van der Waals surface area (Å²) in [6, 6.07) is 8.11. The number of aromatic nitrogens is 1. The van der Waals surface area contributed by atoms with Crippen LogP contribution in [0.2, 0.25) is 0 Å². The summed E-state index contributed by atoms with van der Waals surface area (Å²) >= 11 is 0. The van der Waals surface area contributed by atoms with E-state index in [0.29, 0.717) is 60.2 Å². The Labute approximate surface area is 252 Å². The van der Waals surface area contributed by atoms with Gasteiger partial charge in [0.2, 0.25) is 15.9 Å². The van der Waals surface area contributed by atoms with Crippen molar-refractivity contribution in [3.05, 3.63) is 47.3 Å². The van der Waals surface area contributed by atoms with Gasteiger partial charge in [-0.1, -0.05) is 0 Å². The number of likely N-dealkylation sites (N-methyl/N-ethyl adjacent to an activating group) is 1. The summed E-state index contributed by atoms with van der Waals surface area (Å²) in [7, 11) is 1.99. The molecule has 0 N–H and O–H groups in total. The third-order valence-corrected chi connectivity index (χ3v) is 12.0. The highest BCUT2D eigenvalue weighted by atomic mass is 32.2. The van der Waals surface area contributed by atoms with Crippen LogP contribution in [0.4, 0.5) is 0 Å². The van der Waals surface area contributed by atoms with Crippen LogP contribution < -0.4 is 4.74 Å². The van der Waals surface area contributed by atoms with E-state index in [1.807, 2.05) is 44.1 Å². The first-order chi connectivity index (χ1) is 20.1. The number of ether oxygens (including phenoxy) is 1. The van der Waals surface area contributed by atoms with Crippen molar-refractivity contribution in [1.82, 2.24) is 23.6 Å². The maximum absolute atomic E-state index is 14.2. The Bertz CT molecular complexity index is 1330. The van der Waals surface area contributed by atoms with E-state index in [9.17, 15) is 13.2 Å². The quantitative estimate of drug-likeness (QED) is 0.433. The number of amides is 1. The van der Waals surface area contributed by atoms with Crippen LogP contribution in [0.15, 0.2) is 35.4 Å². The lowest BCUT2D eigenvalue weighted by Gasteiger charge is -2.43. The molecule has 1 aromatic carbocycles. The molecule has 2 aromatic rings. The SMILES string of the molecule is COc1cc(C)c(S(=O)(=O)N2CCn3cccc3C2CCCC(=O)N(C)C2CCCC(N3CCN(C)CC3)C2)c(C)c1. The van der Waals surface area contributed by atoms with Crippen LogP contribution in [0.5, 0.6) is 5.75 Å². The maximum Gasteiger partial charge on any atom is 0.244 e. The molecule has 0 bridgehead atoms. The van der Waals surface area contributed by atoms with Crippen LogP contribution in [0, 0.1) is 13.8 Å². The van der Waals surface area contributed by atoms with Crippen molar-refractivity contribution in [1.29, 1.82) is 0 Å². The Balaban J connectivity index is 1.25. The smallest absolute Gasteiger partial charge is 0.244 e. The molecule has 1 saturated carbocycles. The van der Waals surface area contributed by atoms with Crippen molar-refractivity contribution in [2.24, 2.45) is 0 Å². The monoisotopic (exact) mass is 599 g/mol. The van der Waals surface area contributed by atoms with E-state index in [1.54, 1.807) is 23.5 Å². The largest absolute Gasteiger partial charge is 0.497 e. The lowest BCUT2D eigenvalue weighted by atomic mass is 9.88. The van der Waals surface area contributed by atoms with E-state index in [2.05, 4.69) is 21.4 Å². The van der Waals surface area contributed by atoms with Gasteiger partial charge < -0.3 is 19.1 Å². The Morgan fingerprint density at radius 1 is 1.05 bits per heavy atom. The number of nitrogens with zero attached hydrogens (tertiary/aromatic N) is 5. The van der Waals surface area contributed by atoms with E-state index < -0.39 is 10.0 Å². The Morgan fingerprint density at radius 2 is 1.76 bits per heavy atom. The molecule has 3 atom stereocenters. The summed E-state index contributed by atoms with van der Waals surface area (Å²) in [5.41, 5.74) is 2.37. The van der Waals surface area contributed by atoms with Crippen LogP contribution >= 0.6 is 0 Å². The molecule has 9 nitrogen and oxygen atoms in total. The Hall–Kier alpha value is -2.40. The van der Waals surface area contributed by atoms with Crippen LogP contribution in [-0.4, -0.2) is 104 Å². The second-order valence-corrected chi connectivity index (χ2v) is 14.4. The number of hydrogen-bond acceptors (Lipinski definition) is 6. The standard InChI is InChI=1S/C32H49N5O4S/c1-24-21-28(41-5)22-25(2)32(24)42(39,40)37-20-19-36-14-8-12-29(36)30(37)11-7-13-31(38)34(4)26-9-6-10-27(23-26)35-17-15-33(3)16-18-35/h8,12,14,21-22,26-27,30H,6-7,9-11,13,15-20,23H2,1-5H3. The highest BCUT2D eigenvalue weighted by Crippen LogP contribution is 2.38. The number of carbonyl (C=O) groups is 1. The second-order valence-electron chi connectivity index (χ2n) is 12.6. The van der Waals surface area contributed by atoms with E-state index in [0.717, 1.165) is 51.1 Å². The molecule has 2 aliphatic heterocycles. The normalized spacial score (nSPS) is 24.4. The van der Waals surface area contributed by atoms with Gasteiger partial charge in [0.05, 0.1) is 18.0 Å². The number of methoxy groups -OCH3 is 1. The number of carbonyl (C=O) groups excluding carboxylic acids is 1. The molecule has 42 heavy (non-hydrogen) atoms. The topological polar surface area (TPSA) is 78.3 Å². The third-order valence-electron chi connectivity index (χ3n) is 9.83. The van der Waals surface area contributed by atoms with Crippen LogP contribution in [0.1, 0.15) is 67.8 Å². The fourth-order valence-electron chi connectivity index (χ4n) is 7.41. The molecule has 1 saturated heterocycles. The average Bonchev–Trinajstić information content (AvgIpc) is 3.46. The van der Waals surface area contributed by atoms with Crippen molar-refractivity contribution in [3.8, 4) is 5.75 Å². The van der Waals surface area contributed by atoms with Crippen LogP contribution in [-0.2, 0) is 21.4 Å². The highest BCUT2D eigenvalue weighted by Gasteiger charge is 2.38. The minimum absolute atomic E-state index is 0.168. The summed E-state index contributed by atoms with van der Waals surface area (Å²) in [5, 5.41) is 0. The summed E-state index contributed by atoms with van der Waals surface area (Å²) in [6.07, 6.45) is 8.19. The van der Waals surface area contributed by atoms with Gasteiger partial charge in [-0.25, -0.2) is 8.42 Å². The van der Waals surface area contributed by atoms with Gasteiger partial charge in [0, 0.05) is 76.7 Å². The zero-order valence-electron chi connectivity index (χ0n) is 26.1. The predicted molar refractivity (Wildman–Crippen MR) is 165 cm³/mol. The van der Waals surface area contributed by atoms with Crippen molar-refractivity contribution >= 4 is 15.9 Å². The molecule has 3 unspecified atom stereocenters. The van der Waals surface area contributed by atoms with E-state index in [4.69, 9.17) is 4.74 Å². The van der Waals surface area contributed by atoms with Crippen molar-refractivity contribution in [3.63, 3.8) is 0 Å². The molecule has 2 fully saturated rings.